The minimum absolute atomic E-state index is 0.0117. The van der Waals surface area contributed by atoms with Crippen LogP contribution in [0.2, 0.25) is 0 Å². The van der Waals surface area contributed by atoms with E-state index in [0.717, 1.165) is 24.8 Å². The lowest BCUT2D eigenvalue weighted by molar-refractivity contribution is -0.144. The summed E-state index contributed by atoms with van der Waals surface area (Å²) < 4.78 is 0. The standard InChI is InChI=1S/C15H21N3O3/c1-10-6-12(9-16-7-10)18-15(21)17-8-11-4-2-3-5-13(11)14(19)20/h6-7,9,11,13H,2-5,8H2,1H3,(H,19,20)(H2,17,18,21). The first-order valence-corrected chi connectivity index (χ1v) is 7.25. The van der Waals surface area contributed by atoms with E-state index in [2.05, 4.69) is 15.6 Å². The SMILES string of the molecule is Cc1cncc(NC(=O)NCC2CCCCC2C(=O)O)c1. The molecule has 1 aromatic rings. The maximum atomic E-state index is 11.8. The lowest BCUT2D eigenvalue weighted by Crippen LogP contribution is -2.38. The van der Waals surface area contributed by atoms with Gasteiger partial charge in [-0.05, 0) is 37.3 Å². The molecule has 1 fully saturated rings. The summed E-state index contributed by atoms with van der Waals surface area (Å²) in [6.07, 6.45) is 6.82. The first-order chi connectivity index (χ1) is 10.1. The Morgan fingerprint density at radius 3 is 2.81 bits per heavy atom. The maximum Gasteiger partial charge on any atom is 0.319 e. The van der Waals surface area contributed by atoms with Gasteiger partial charge >= 0.3 is 12.0 Å². The predicted octanol–water partition coefficient (Wildman–Crippen LogP) is 2.40. The van der Waals surface area contributed by atoms with Gasteiger partial charge in [-0.1, -0.05) is 12.8 Å². The fourth-order valence-electron chi connectivity index (χ4n) is 2.80. The summed E-state index contributed by atoms with van der Waals surface area (Å²) in [6.45, 7) is 2.29. The van der Waals surface area contributed by atoms with Crippen molar-refractivity contribution in [1.82, 2.24) is 10.3 Å². The zero-order valence-corrected chi connectivity index (χ0v) is 12.1. The van der Waals surface area contributed by atoms with Gasteiger partial charge in [0, 0.05) is 12.7 Å². The van der Waals surface area contributed by atoms with Gasteiger partial charge in [-0.25, -0.2) is 4.79 Å². The van der Waals surface area contributed by atoms with Crippen LogP contribution in [-0.2, 0) is 4.79 Å². The van der Waals surface area contributed by atoms with Crippen molar-refractivity contribution >= 4 is 17.7 Å². The summed E-state index contributed by atoms with van der Waals surface area (Å²) in [5, 5.41) is 14.7. The molecule has 2 atom stereocenters. The van der Waals surface area contributed by atoms with Gasteiger partial charge in [-0.15, -0.1) is 0 Å². The van der Waals surface area contributed by atoms with Crippen LogP contribution in [0.4, 0.5) is 10.5 Å². The van der Waals surface area contributed by atoms with Crippen molar-refractivity contribution in [2.45, 2.75) is 32.6 Å². The number of carbonyl (C=O) groups is 2. The quantitative estimate of drug-likeness (QED) is 0.794. The van der Waals surface area contributed by atoms with Crippen LogP contribution in [0, 0.1) is 18.8 Å². The van der Waals surface area contributed by atoms with Crippen LogP contribution >= 0.6 is 0 Å². The van der Waals surface area contributed by atoms with E-state index in [9.17, 15) is 14.7 Å². The summed E-state index contributed by atoms with van der Waals surface area (Å²) in [4.78, 5) is 27.0. The first-order valence-electron chi connectivity index (χ1n) is 7.25. The number of hydrogen-bond donors (Lipinski definition) is 3. The van der Waals surface area contributed by atoms with Gasteiger partial charge in [0.05, 0.1) is 17.8 Å². The van der Waals surface area contributed by atoms with Crippen LogP contribution in [-0.4, -0.2) is 28.6 Å². The molecule has 1 aliphatic rings. The average molecular weight is 291 g/mol. The number of carboxylic acids is 1. The van der Waals surface area contributed by atoms with Crippen molar-refractivity contribution in [2.75, 3.05) is 11.9 Å². The summed E-state index contributed by atoms with van der Waals surface area (Å²) in [6, 6.07) is 1.50. The fourth-order valence-corrected chi connectivity index (χ4v) is 2.80. The van der Waals surface area contributed by atoms with Crippen molar-refractivity contribution in [3.63, 3.8) is 0 Å². The topological polar surface area (TPSA) is 91.3 Å². The third-order valence-electron chi connectivity index (χ3n) is 3.88. The Hall–Kier alpha value is -2.11. The monoisotopic (exact) mass is 291 g/mol. The zero-order chi connectivity index (χ0) is 15.2. The minimum atomic E-state index is -0.759. The van der Waals surface area contributed by atoms with Gasteiger partial charge < -0.3 is 15.7 Å². The number of nitrogens with one attached hydrogen (secondary N) is 2. The van der Waals surface area contributed by atoms with E-state index < -0.39 is 5.97 Å². The molecule has 1 aliphatic carbocycles. The lowest BCUT2D eigenvalue weighted by Gasteiger charge is -2.28. The largest absolute Gasteiger partial charge is 0.481 e. The highest BCUT2D eigenvalue weighted by molar-refractivity contribution is 5.89. The number of nitrogens with zero attached hydrogens (tertiary/aromatic N) is 1. The Morgan fingerprint density at radius 2 is 2.10 bits per heavy atom. The van der Waals surface area contributed by atoms with Crippen molar-refractivity contribution in [3.8, 4) is 0 Å². The molecule has 2 amide bonds. The van der Waals surface area contributed by atoms with Crippen LogP contribution < -0.4 is 10.6 Å². The third-order valence-corrected chi connectivity index (χ3v) is 3.88. The van der Waals surface area contributed by atoms with Crippen LogP contribution in [0.15, 0.2) is 18.5 Å². The third kappa shape index (κ3) is 4.44. The number of carbonyl (C=O) groups excluding carboxylic acids is 1. The van der Waals surface area contributed by atoms with Gasteiger partial charge in [0.1, 0.15) is 0 Å². The lowest BCUT2D eigenvalue weighted by atomic mass is 9.79. The second kappa shape index (κ2) is 7.06. The smallest absolute Gasteiger partial charge is 0.319 e. The van der Waals surface area contributed by atoms with Gasteiger partial charge in [0.15, 0.2) is 0 Å². The van der Waals surface area contributed by atoms with Crippen LogP contribution in [0.3, 0.4) is 0 Å². The van der Waals surface area contributed by atoms with Crippen LogP contribution in [0.5, 0.6) is 0 Å². The predicted molar refractivity (Wildman–Crippen MR) is 79.1 cm³/mol. The second-order valence-corrected chi connectivity index (χ2v) is 5.58. The Balaban J connectivity index is 1.84. The summed E-state index contributed by atoms with van der Waals surface area (Å²) in [5.74, 6) is -1.10. The molecule has 2 unspecified atom stereocenters. The molecule has 6 heteroatoms. The fraction of sp³-hybridized carbons (Fsp3) is 0.533. The Bertz CT molecular complexity index is 519. The van der Waals surface area contributed by atoms with Gasteiger partial charge in [-0.2, -0.15) is 0 Å². The molecule has 2 rings (SSSR count). The average Bonchev–Trinajstić information content (AvgIpc) is 2.45. The molecular weight excluding hydrogens is 270 g/mol. The number of aryl methyl sites for hydroxylation is 1. The highest BCUT2D eigenvalue weighted by Gasteiger charge is 2.30. The summed E-state index contributed by atoms with van der Waals surface area (Å²) in [7, 11) is 0. The van der Waals surface area contributed by atoms with E-state index in [1.807, 2.05) is 13.0 Å². The Labute approximate surface area is 124 Å². The van der Waals surface area contributed by atoms with E-state index >= 15 is 0 Å². The van der Waals surface area contributed by atoms with E-state index in [-0.39, 0.29) is 17.9 Å². The van der Waals surface area contributed by atoms with Crippen molar-refractivity contribution in [1.29, 1.82) is 0 Å². The molecule has 114 valence electrons. The second-order valence-electron chi connectivity index (χ2n) is 5.58. The van der Waals surface area contributed by atoms with Crippen LogP contribution in [0.1, 0.15) is 31.2 Å². The first kappa shape index (κ1) is 15.3. The van der Waals surface area contributed by atoms with Crippen molar-refractivity contribution in [2.24, 2.45) is 11.8 Å². The molecule has 3 N–H and O–H groups in total. The highest BCUT2D eigenvalue weighted by Crippen LogP contribution is 2.29. The molecule has 6 nitrogen and oxygen atoms in total. The van der Waals surface area contributed by atoms with Gasteiger partial charge in [0.2, 0.25) is 0 Å². The van der Waals surface area contributed by atoms with E-state index in [1.165, 1.54) is 0 Å². The van der Waals surface area contributed by atoms with Crippen molar-refractivity contribution in [3.05, 3.63) is 24.0 Å². The Kier molecular flexibility index (Phi) is 5.14. The number of anilines is 1. The van der Waals surface area contributed by atoms with Gasteiger partial charge in [0.25, 0.3) is 0 Å². The van der Waals surface area contributed by atoms with E-state index in [1.54, 1.807) is 12.4 Å². The molecule has 0 saturated heterocycles. The maximum absolute atomic E-state index is 11.8. The van der Waals surface area contributed by atoms with Crippen LogP contribution in [0.25, 0.3) is 0 Å². The molecule has 0 radical (unpaired) electrons. The number of rotatable bonds is 4. The number of urea groups is 1. The highest BCUT2D eigenvalue weighted by atomic mass is 16.4. The van der Waals surface area contributed by atoms with Crippen molar-refractivity contribution < 1.29 is 14.7 Å². The molecule has 1 saturated carbocycles. The number of carboxylic acid groups (broad SMARTS) is 1. The molecule has 21 heavy (non-hydrogen) atoms. The number of pyridine rings is 1. The summed E-state index contributed by atoms with van der Waals surface area (Å²) >= 11 is 0. The molecule has 0 aromatic carbocycles. The molecule has 0 aliphatic heterocycles. The summed E-state index contributed by atoms with van der Waals surface area (Å²) in [5.41, 5.74) is 1.59. The number of aliphatic carboxylic acids is 1. The van der Waals surface area contributed by atoms with Gasteiger partial charge in [-0.3, -0.25) is 9.78 Å². The molecule has 1 heterocycles. The number of amides is 2. The minimum Gasteiger partial charge on any atom is -0.481 e. The number of hydrogen-bond acceptors (Lipinski definition) is 3. The molecular formula is C15H21N3O3. The Morgan fingerprint density at radius 1 is 1.33 bits per heavy atom. The molecule has 0 spiro atoms. The van der Waals surface area contributed by atoms with E-state index in [0.29, 0.717) is 18.7 Å². The normalized spacial score (nSPS) is 21.6. The number of aromatic nitrogens is 1. The molecule has 0 bridgehead atoms. The molecule has 1 aromatic heterocycles. The van der Waals surface area contributed by atoms with E-state index in [4.69, 9.17) is 0 Å². The zero-order valence-electron chi connectivity index (χ0n) is 12.1.